The van der Waals surface area contributed by atoms with E-state index < -0.39 is 5.97 Å². The molecule has 1 aliphatic rings. The Bertz CT molecular complexity index is 694. The summed E-state index contributed by atoms with van der Waals surface area (Å²) in [5, 5.41) is 9.40. The van der Waals surface area contributed by atoms with Gasteiger partial charge in [0.2, 0.25) is 0 Å². The van der Waals surface area contributed by atoms with Crippen LogP contribution in [0.5, 0.6) is 0 Å². The smallest absolute Gasteiger partial charge is 0.341 e. The second-order valence-corrected chi connectivity index (χ2v) is 5.65. The molecule has 0 bridgehead atoms. The minimum Gasteiger partial charge on any atom is -0.477 e. The van der Waals surface area contributed by atoms with Crippen molar-refractivity contribution < 1.29 is 9.90 Å². The fraction of sp³-hybridized carbons (Fsp3) is 0.353. The van der Waals surface area contributed by atoms with Gasteiger partial charge in [-0.2, -0.15) is 0 Å². The summed E-state index contributed by atoms with van der Waals surface area (Å²) in [6.07, 6.45) is 4.76. The van der Waals surface area contributed by atoms with E-state index in [1.807, 2.05) is 31.2 Å². The Morgan fingerprint density at radius 3 is 2.68 bits per heavy atom. The van der Waals surface area contributed by atoms with Gasteiger partial charge in [0.15, 0.2) is 5.82 Å². The molecule has 0 radical (unpaired) electrons. The van der Waals surface area contributed by atoms with Crippen molar-refractivity contribution in [3.63, 3.8) is 0 Å². The largest absolute Gasteiger partial charge is 0.477 e. The van der Waals surface area contributed by atoms with Gasteiger partial charge < -0.3 is 10.0 Å². The molecule has 22 heavy (non-hydrogen) atoms. The van der Waals surface area contributed by atoms with Gasteiger partial charge in [0.25, 0.3) is 0 Å². The van der Waals surface area contributed by atoms with Gasteiger partial charge in [-0.05, 0) is 32.3 Å². The van der Waals surface area contributed by atoms with E-state index in [0.717, 1.165) is 37.1 Å². The van der Waals surface area contributed by atoms with Crippen molar-refractivity contribution in [2.24, 2.45) is 0 Å². The molecule has 1 aliphatic heterocycles. The Kier molecular flexibility index (Phi) is 4.04. The molecule has 5 heteroatoms. The monoisotopic (exact) mass is 297 g/mol. The van der Waals surface area contributed by atoms with Crippen molar-refractivity contribution in [3.05, 3.63) is 41.6 Å². The number of aromatic nitrogens is 2. The summed E-state index contributed by atoms with van der Waals surface area (Å²) in [6, 6.07) is 7.93. The van der Waals surface area contributed by atoms with Crippen molar-refractivity contribution >= 4 is 11.8 Å². The molecule has 5 nitrogen and oxygen atoms in total. The van der Waals surface area contributed by atoms with Crippen LogP contribution in [0.4, 0.5) is 5.82 Å². The van der Waals surface area contributed by atoms with Crippen molar-refractivity contribution in [2.75, 3.05) is 18.0 Å². The molecule has 114 valence electrons. The fourth-order valence-electron chi connectivity index (χ4n) is 2.79. The van der Waals surface area contributed by atoms with Gasteiger partial charge in [-0.1, -0.05) is 23.8 Å². The average molecular weight is 297 g/mol. The van der Waals surface area contributed by atoms with Gasteiger partial charge in [0.05, 0.1) is 0 Å². The number of carboxylic acids is 1. The van der Waals surface area contributed by atoms with Crippen LogP contribution in [0.3, 0.4) is 0 Å². The van der Waals surface area contributed by atoms with Crippen LogP contribution < -0.4 is 4.90 Å². The Morgan fingerprint density at radius 2 is 2.00 bits per heavy atom. The Morgan fingerprint density at radius 1 is 1.23 bits per heavy atom. The number of aryl methyl sites for hydroxylation is 1. The van der Waals surface area contributed by atoms with Crippen LogP contribution in [0.2, 0.25) is 0 Å². The number of benzene rings is 1. The summed E-state index contributed by atoms with van der Waals surface area (Å²) in [5.41, 5.74) is 2.22. The average Bonchev–Trinajstić information content (AvgIpc) is 2.55. The number of hydrogen-bond acceptors (Lipinski definition) is 4. The van der Waals surface area contributed by atoms with Crippen LogP contribution in [0.25, 0.3) is 11.4 Å². The molecule has 1 fully saturated rings. The predicted octanol–water partition coefficient (Wildman–Crippen LogP) is 3.14. The second kappa shape index (κ2) is 6.13. The summed E-state index contributed by atoms with van der Waals surface area (Å²) >= 11 is 0. The quantitative estimate of drug-likeness (QED) is 0.942. The molecule has 0 saturated carbocycles. The molecular weight excluding hydrogens is 278 g/mol. The van der Waals surface area contributed by atoms with E-state index in [-0.39, 0.29) is 5.56 Å². The molecule has 1 aromatic carbocycles. The van der Waals surface area contributed by atoms with Crippen LogP contribution in [0.1, 0.15) is 35.2 Å². The molecule has 0 unspecified atom stereocenters. The first-order valence-corrected chi connectivity index (χ1v) is 7.57. The van der Waals surface area contributed by atoms with E-state index in [1.165, 1.54) is 12.6 Å². The summed E-state index contributed by atoms with van der Waals surface area (Å²) in [5.74, 6) is 0.143. The molecule has 3 rings (SSSR count). The Balaban J connectivity index is 2.05. The van der Waals surface area contributed by atoms with Crippen molar-refractivity contribution in [3.8, 4) is 11.4 Å². The standard InChI is InChI=1S/C17H19N3O2/c1-12-6-5-7-13(10-12)15-18-11-14(17(21)22)16(19-15)20-8-3-2-4-9-20/h5-7,10-11H,2-4,8-9H2,1H3,(H,21,22). The summed E-state index contributed by atoms with van der Waals surface area (Å²) in [7, 11) is 0. The lowest BCUT2D eigenvalue weighted by Crippen LogP contribution is -2.32. The zero-order valence-corrected chi connectivity index (χ0v) is 12.6. The third kappa shape index (κ3) is 2.93. The van der Waals surface area contributed by atoms with E-state index in [4.69, 9.17) is 0 Å². The summed E-state index contributed by atoms with van der Waals surface area (Å²) in [6.45, 7) is 3.72. The highest BCUT2D eigenvalue weighted by Crippen LogP contribution is 2.25. The van der Waals surface area contributed by atoms with Gasteiger partial charge in [0.1, 0.15) is 11.4 Å². The topological polar surface area (TPSA) is 66.3 Å². The number of anilines is 1. The fourth-order valence-corrected chi connectivity index (χ4v) is 2.79. The lowest BCUT2D eigenvalue weighted by molar-refractivity contribution is 0.0696. The highest BCUT2D eigenvalue weighted by atomic mass is 16.4. The minimum absolute atomic E-state index is 0.179. The molecular formula is C17H19N3O2. The third-order valence-corrected chi connectivity index (χ3v) is 3.93. The lowest BCUT2D eigenvalue weighted by Gasteiger charge is -2.28. The highest BCUT2D eigenvalue weighted by Gasteiger charge is 2.21. The number of carbonyl (C=O) groups is 1. The maximum absolute atomic E-state index is 11.5. The van der Waals surface area contributed by atoms with E-state index in [9.17, 15) is 9.90 Å². The molecule has 0 spiro atoms. The minimum atomic E-state index is -0.976. The molecule has 1 aromatic heterocycles. The van der Waals surface area contributed by atoms with Crippen LogP contribution in [-0.2, 0) is 0 Å². The van der Waals surface area contributed by atoms with Crippen LogP contribution in [0.15, 0.2) is 30.5 Å². The SMILES string of the molecule is Cc1cccc(-c2ncc(C(=O)O)c(N3CCCCC3)n2)c1. The molecule has 1 N–H and O–H groups in total. The first-order chi connectivity index (χ1) is 10.6. The van der Waals surface area contributed by atoms with Crippen LogP contribution >= 0.6 is 0 Å². The van der Waals surface area contributed by atoms with Gasteiger partial charge in [0, 0.05) is 24.8 Å². The third-order valence-electron chi connectivity index (χ3n) is 3.93. The van der Waals surface area contributed by atoms with Gasteiger partial charge in [-0.25, -0.2) is 14.8 Å². The summed E-state index contributed by atoms with van der Waals surface area (Å²) < 4.78 is 0. The first kappa shape index (κ1) is 14.5. The first-order valence-electron chi connectivity index (χ1n) is 7.57. The number of aromatic carboxylic acids is 1. The number of piperidine rings is 1. The Labute approximate surface area is 129 Å². The molecule has 2 heterocycles. The van der Waals surface area contributed by atoms with Gasteiger partial charge in [-0.3, -0.25) is 0 Å². The number of hydrogen-bond donors (Lipinski definition) is 1. The second-order valence-electron chi connectivity index (χ2n) is 5.65. The van der Waals surface area contributed by atoms with E-state index in [0.29, 0.717) is 11.6 Å². The van der Waals surface area contributed by atoms with Crippen molar-refractivity contribution in [2.45, 2.75) is 26.2 Å². The Hall–Kier alpha value is -2.43. The molecule has 1 saturated heterocycles. The molecule has 0 amide bonds. The van der Waals surface area contributed by atoms with Crippen molar-refractivity contribution in [1.29, 1.82) is 0 Å². The zero-order chi connectivity index (χ0) is 15.5. The van der Waals surface area contributed by atoms with E-state index >= 15 is 0 Å². The molecule has 2 aromatic rings. The maximum atomic E-state index is 11.5. The number of rotatable bonds is 3. The normalized spacial score (nSPS) is 14.9. The van der Waals surface area contributed by atoms with E-state index in [1.54, 1.807) is 0 Å². The zero-order valence-electron chi connectivity index (χ0n) is 12.6. The highest BCUT2D eigenvalue weighted by molar-refractivity contribution is 5.93. The van der Waals surface area contributed by atoms with Crippen molar-refractivity contribution in [1.82, 2.24) is 9.97 Å². The summed E-state index contributed by atoms with van der Waals surface area (Å²) in [4.78, 5) is 22.3. The number of nitrogens with zero attached hydrogens (tertiary/aromatic N) is 3. The maximum Gasteiger partial charge on any atom is 0.341 e. The van der Waals surface area contributed by atoms with Crippen LogP contribution in [-0.4, -0.2) is 34.1 Å². The van der Waals surface area contributed by atoms with Crippen LogP contribution in [0, 0.1) is 6.92 Å². The molecule has 0 aliphatic carbocycles. The van der Waals surface area contributed by atoms with E-state index in [2.05, 4.69) is 14.9 Å². The van der Waals surface area contributed by atoms with Gasteiger partial charge in [-0.15, -0.1) is 0 Å². The predicted molar refractivity (Wildman–Crippen MR) is 85.2 cm³/mol. The molecule has 0 atom stereocenters. The number of carboxylic acid groups (broad SMARTS) is 1. The van der Waals surface area contributed by atoms with Gasteiger partial charge >= 0.3 is 5.97 Å². The lowest BCUT2D eigenvalue weighted by atomic mass is 10.1.